The highest BCUT2D eigenvalue weighted by Crippen LogP contribution is 2.40. The van der Waals surface area contributed by atoms with Crippen molar-refractivity contribution >= 4 is 22.7 Å². The second-order valence-electron chi connectivity index (χ2n) is 7.72. The van der Waals surface area contributed by atoms with E-state index in [2.05, 4.69) is 4.98 Å². The lowest BCUT2D eigenvalue weighted by Gasteiger charge is -2.24. The van der Waals surface area contributed by atoms with Gasteiger partial charge in [0.2, 0.25) is 5.76 Å². The van der Waals surface area contributed by atoms with Crippen LogP contribution in [-0.2, 0) is 0 Å². The number of carbonyl (C=O) groups is 1. The first-order valence-corrected chi connectivity index (χ1v) is 9.95. The molecule has 31 heavy (non-hydrogen) atoms. The van der Waals surface area contributed by atoms with Gasteiger partial charge in [0.15, 0.2) is 5.43 Å². The van der Waals surface area contributed by atoms with Crippen LogP contribution in [0.25, 0.3) is 11.0 Å². The fourth-order valence-corrected chi connectivity index (χ4v) is 4.03. The van der Waals surface area contributed by atoms with Crippen molar-refractivity contribution in [1.82, 2.24) is 4.98 Å². The van der Waals surface area contributed by atoms with Gasteiger partial charge < -0.3 is 9.15 Å². The summed E-state index contributed by atoms with van der Waals surface area (Å²) in [5, 5.41) is 0.462. The van der Waals surface area contributed by atoms with Crippen LogP contribution in [0.15, 0.2) is 70.0 Å². The molecule has 0 aliphatic carbocycles. The Morgan fingerprint density at radius 3 is 2.39 bits per heavy atom. The molecular formula is C25H20N2O4. The number of nitrogens with zero attached hydrogens (tertiary/aromatic N) is 2. The minimum Gasteiger partial charge on any atom is -0.497 e. The Bertz CT molecular complexity index is 1370. The Balaban J connectivity index is 1.79. The molecule has 1 aliphatic heterocycles. The highest BCUT2D eigenvalue weighted by molar-refractivity contribution is 6.10. The van der Waals surface area contributed by atoms with Crippen LogP contribution in [0.3, 0.4) is 0 Å². The van der Waals surface area contributed by atoms with Crippen molar-refractivity contribution in [3.63, 3.8) is 0 Å². The van der Waals surface area contributed by atoms with E-state index < -0.39 is 6.04 Å². The van der Waals surface area contributed by atoms with Gasteiger partial charge in [0, 0.05) is 6.20 Å². The van der Waals surface area contributed by atoms with Gasteiger partial charge in [-0.15, -0.1) is 0 Å². The van der Waals surface area contributed by atoms with Gasteiger partial charge in [-0.2, -0.15) is 0 Å². The van der Waals surface area contributed by atoms with E-state index in [1.54, 1.807) is 31.5 Å². The predicted molar refractivity (Wildman–Crippen MR) is 118 cm³/mol. The molecule has 4 aromatic rings. The lowest BCUT2D eigenvalue weighted by atomic mass is 9.98. The number of benzene rings is 2. The first-order chi connectivity index (χ1) is 15.0. The van der Waals surface area contributed by atoms with Gasteiger partial charge in [-0.3, -0.25) is 14.5 Å². The zero-order chi connectivity index (χ0) is 21.7. The summed E-state index contributed by atoms with van der Waals surface area (Å²) in [5.41, 5.74) is 3.22. The van der Waals surface area contributed by atoms with Gasteiger partial charge in [0.25, 0.3) is 5.91 Å². The van der Waals surface area contributed by atoms with E-state index in [4.69, 9.17) is 9.15 Å². The van der Waals surface area contributed by atoms with Gasteiger partial charge in [-0.05, 0) is 55.3 Å². The van der Waals surface area contributed by atoms with Crippen LogP contribution in [0, 0.1) is 13.8 Å². The van der Waals surface area contributed by atoms with Crippen LogP contribution in [0.2, 0.25) is 0 Å². The number of ether oxygens (including phenoxy) is 1. The summed E-state index contributed by atoms with van der Waals surface area (Å²) < 4.78 is 11.2. The van der Waals surface area contributed by atoms with Crippen molar-refractivity contribution in [3.05, 3.63) is 99.0 Å². The third-order valence-electron chi connectivity index (χ3n) is 5.60. The van der Waals surface area contributed by atoms with Gasteiger partial charge in [-0.1, -0.05) is 29.8 Å². The molecule has 2 aromatic carbocycles. The van der Waals surface area contributed by atoms with Crippen LogP contribution in [-0.4, -0.2) is 18.0 Å². The lowest BCUT2D eigenvalue weighted by molar-refractivity contribution is 0.0970. The van der Waals surface area contributed by atoms with E-state index in [-0.39, 0.29) is 17.1 Å². The number of aryl methyl sites for hydroxylation is 2. The topological polar surface area (TPSA) is 72.6 Å². The zero-order valence-corrected chi connectivity index (χ0v) is 17.4. The highest BCUT2D eigenvalue weighted by Gasteiger charge is 2.44. The first kappa shape index (κ1) is 19.1. The standard InChI is InChI=1S/C25H20N2O4/c1-14-4-10-19-18(12-14)23(28)21-22(16-6-8-17(30-3)9-7-16)27(25(29)24(21)31-19)20-11-5-15(2)13-26-20/h4-13,22H,1-3H3. The number of methoxy groups -OCH3 is 1. The number of amides is 1. The number of carbonyl (C=O) groups excluding carboxylic acids is 1. The summed E-state index contributed by atoms with van der Waals surface area (Å²) in [6.07, 6.45) is 1.70. The second-order valence-corrected chi connectivity index (χ2v) is 7.72. The quantitative estimate of drug-likeness (QED) is 0.493. The van der Waals surface area contributed by atoms with Crippen LogP contribution >= 0.6 is 0 Å². The molecule has 0 bridgehead atoms. The highest BCUT2D eigenvalue weighted by atomic mass is 16.5. The van der Waals surface area contributed by atoms with Gasteiger partial charge >= 0.3 is 0 Å². The number of fused-ring (bicyclic) bond motifs is 2. The van der Waals surface area contributed by atoms with E-state index in [1.165, 1.54) is 4.90 Å². The van der Waals surface area contributed by atoms with E-state index >= 15 is 0 Å². The van der Waals surface area contributed by atoms with Crippen molar-refractivity contribution in [2.75, 3.05) is 12.0 Å². The second kappa shape index (κ2) is 7.09. The molecule has 0 saturated carbocycles. The summed E-state index contributed by atoms with van der Waals surface area (Å²) in [4.78, 5) is 33.0. The fourth-order valence-electron chi connectivity index (χ4n) is 4.03. The summed E-state index contributed by atoms with van der Waals surface area (Å²) in [5.74, 6) is 0.827. The van der Waals surface area contributed by atoms with Gasteiger partial charge in [0.1, 0.15) is 17.2 Å². The summed E-state index contributed by atoms with van der Waals surface area (Å²) in [6, 6.07) is 15.7. The van der Waals surface area contributed by atoms with E-state index in [0.717, 1.165) is 16.7 Å². The number of hydrogen-bond acceptors (Lipinski definition) is 5. The molecule has 0 N–H and O–H groups in total. The third kappa shape index (κ3) is 2.99. The maximum absolute atomic E-state index is 13.6. The van der Waals surface area contributed by atoms with Crippen LogP contribution in [0.5, 0.6) is 5.75 Å². The normalized spacial score (nSPS) is 15.4. The van der Waals surface area contributed by atoms with Crippen molar-refractivity contribution in [3.8, 4) is 5.75 Å². The molecule has 2 aromatic heterocycles. The maximum Gasteiger partial charge on any atom is 0.296 e. The molecule has 1 atom stereocenters. The molecule has 1 aliphatic rings. The molecule has 0 saturated heterocycles. The van der Waals surface area contributed by atoms with Crippen molar-refractivity contribution < 1.29 is 13.9 Å². The van der Waals surface area contributed by atoms with E-state index in [0.29, 0.717) is 28.1 Å². The van der Waals surface area contributed by atoms with Crippen molar-refractivity contribution in [2.45, 2.75) is 19.9 Å². The van der Waals surface area contributed by atoms with Crippen LogP contribution in [0.1, 0.15) is 38.9 Å². The number of anilines is 1. The molecule has 154 valence electrons. The Kier molecular flexibility index (Phi) is 4.36. The number of hydrogen-bond donors (Lipinski definition) is 0. The third-order valence-corrected chi connectivity index (χ3v) is 5.60. The predicted octanol–water partition coefficient (Wildman–Crippen LogP) is 4.56. The molecule has 5 rings (SSSR count). The lowest BCUT2D eigenvalue weighted by Crippen LogP contribution is -2.30. The molecule has 1 amide bonds. The smallest absolute Gasteiger partial charge is 0.296 e. The van der Waals surface area contributed by atoms with Gasteiger partial charge in [-0.25, -0.2) is 4.98 Å². The van der Waals surface area contributed by atoms with E-state index in [1.807, 2.05) is 50.2 Å². The number of aromatic nitrogens is 1. The Hall–Kier alpha value is -3.93. The Labute approximate surface area is 178 Å². The summed E-state index contributed by atoms with van der Waals surface area (Å²) in [7, 11) is 1.59. The average molecular weight is 412 g/mol. The molecule has 0 spiro atoms. The summed E-state index contributed by atoms with van der Waals surface area (Å²) >= 11 is 0. The minimum absolute atomic E-state index is 0.0598. The maximum atomic E-state index is 13.6. The molecule has 0 radical (unpaired) electrons. The molecule has 3 heterocycles. The Morgan fingerprint density at radius 1 is 0.968 bits per heavy atom. The average Bonchev–Trinajstić information content (AvgIpc) is 3.07. The van der Waals surface area contributed by atoms with E-state index in [9.17, 15) is 9.59 Å². The zero-order valence-electron chi connectivity index (χ0n) is 17.4. The molecule has 1 unspecified atom stereocenters. The van der Waals surface area contributed by atoms with Crippen molar-refractivity contribution in [1.29, 1.82) is 0 Å². The number of rotatable bonds is 3. The SMILES string of the molecule is COc1ccc(C2c3c(oc4ccc(C)cc4c3=O)C(=O)N2c2ccc(C)cn2)cc1. The summed E-state index contributed by atoms with van der Waals surface area (Å²) in [6.45, 7) is 3.85. The first-order valence-electron chi connectivity index (χ1n) is 9.95. The fraction of sp³-hybridized carbons (Fsp3) is 0.160. The largest absolute Gasteiger partial charge is 0.497 e. The minimum atomic E-state index is -0.648. The molecular weight excluding hydrogens is 392 g/mol. The van der Waals surface area contributed by atoms with Gasteiger partial charge in [0.05, 0.1) is 24.1 Å². The van der Waals surface area contributed by atoms with Crippen LogP contribution in [0.4, 0.5) is 5.82 Å². The molecule has 6 heteroatoms. The molecule has 0 fully saturated rings. The van der Waals surface area contributed by atoms with Crippen molar-refractivity contribution in [2.24, 2.45) is 0 Å². The van der Waals surface area contributed by atoms with Crippen LogP contribution < -0.4 is 15.1 Å². The monoisotopic (exact) mass is 412 g/mol. The Morgan fingerprint density at radius 2 is 1.71 bits per heavy atom. The number of pyridine rings is 1. The molecule has 6 nitrogen and oxygen atoms in total.